The van der Waals surface area contributed by atoms with Crippen LogP contribution in [0.1, 0.15) is 54.9 Å². The molecule has 0 aliphatic rings. The second kappa shape index (κ2) is 11.8. The van der Waals surface area contributed by atoms with Gasteiger partial charge in [-0.05, 0) is 40.0 Å². The Morgan fingerprint density at radius 2 is 1.74 bits per heavy atom. The molecule has 138 valence electrons. The van der Waals surface area contributed by atoms with Crippen LogP contribution in [0.25, 0.3) is 0 Å². The minimum Gasteiger partial charge on any atom is -0.444 e. The highest BCUT2D eigenvalue weighted by atomic mass is 127. The predicted octanol–water partition coefficient (Wildman–Crippen LogP) is 3.12. The molecule has 0 rings (SSSR count). The molecule has 23 heavy (non-hydrogen) atoms. The SMILES string of the molecule is CCC(C)NC(=NC)NCC(NC(=O)OC(C)(C)C)C(C)C.I. The molecule has 0 aliphatic heterocycles. The minimum absolute atomic E-state index is 0. The number of alkyl carbamates (subject to hydrolysis) is 1. The lowest BCUT2D eigenvalue weighted by Gasteiger charge is -2.27. The quantitative estimate of drug-likeness (QED) is 0.336. The van der Waals surface area contributed by atoms with Crippen LogP contribution in [0.4, 0.5) is 4.79 Å². The highest BCUT2D eigenvalue weighted by Crippen LogP contribution is 2.08. The molecule has 0 saturated heterocycles. The van der Waals surface area contributed by atoms with Crippen LogP contribution in [0, 0.1) is 5.92 Å². The van der Waals surface area contributed by atoms with Crippen molar-refractivity contribution in [2.75, 3.05) is 13.6 Å². The monoisotopic (exact) mass is 442 g/mol. The molecule has 0 radical (unpaired) electrons. The fraction of sp³-hybridized carbons (Fsp3) is 0.875. The first-order valence-corrected chi connectivity index (χ1v) is 8.05. The number of carbonyl (C=O) groups is 1. The summed E-state index contributed by atoms with van der Waals surface area (Å²) in [6.45, 7) is 14.5. The largest absolute Gasteiger partial charge is 0.444 e. The molecule has 0 aromatic carbocycles. The third-order valence-electron chi connectivity index (χ3n) is 3.22. The van der Waals surface area contributed by atoms with E-state index in [1.54, 1.807) is 7.05 Å². The number of amides is 1. The van der Waals surface area contributed by atoms with Gasteiger partial charge in [0.2, 0.25) is 0 Å². The van der Waals surface area contributed by atoms with Crippen molar-refractivity contribution >= 4 is 36.0 Å². The zero-order valence-corrected chi connectivity index (χ0v) is 18.1. The number of nitrogens with zero attached hydrogens (tertiary/aromatic N) is 1. The van der Waals surface area contributed by atoms with Gasteiger partial charge >= 0.3 is 6.09 Å². The fourth-order valence-electron chi connectivity index (χ4n) is 1.65. The zero-order chi connectivity index (χ0) is 17.3. The van der Waals surface area contributed by atoms with Crippen LogP contribution in [-0.2, 0) is 4.74 Å². The molecule has 1 amide bonds. The van der Waals surface area contributed by atoms with Crippen LogP contribution in [0.5, 0.6) is 0 Å². The topological polar surface area (TPSA) is 74.8 Å². The Hall–Kier alpha value is -0.730. The van der Waals surface area contributed by atoms with Crippen molar-refractivity contribution in [1.82, 2.24) is 16.0 Å². The summed E-state index contributed by atoms with van der Waals surface area (Å²) in [7, 11) is 1.74. The van der Waals surface area contributed by atoms with Gasteiger partial charge in [-0.2, -0.15) is 0 Å². The highest BCUT2D eigenvalue weighted by Gasteiger charge is 2.21. The number of aliphatic imine (C=N–C) groups is 1. The van der Waals surface area contributed by atoms with Gasteiger partial charge in [0.05, 0.1) is 6.04 Å². The molecule has 0 heterocycles. The number of rotatable bonds is 6. The number of halogens is 1. The average Bonchev–Trinajstić information content (AvgIpc) is 2.38. The molecule has 6 nitrogen and oxygen atoms in total. The van der Waals surface area contributed by atoms with Crippen LogP contribution in [0.2, 0.25) is 0 Å². The maximum Gasteiger partial charge on any atom is 0.407 e. The average molecular weight is 442 g/mol. The minimum atomic E-state index is -0.493. The van der Waals surface area contributed by atoms with Crippen molar-refractivity contribution in [3.63, 3.8) is 0 Å². The van der Waals surface area contributed by atoms with E-state index in [1.807, 2.05) is 20.8 Å². The predicted molar refractivity (Wildman–Crippen MR) is 108 cm³/mol. The molecule has 7 heteroatoms. The Bertz CT molecular complexity index is 368. The molecule has 0 fully saturated rings. The van der Waals surface area contributed by atoms with Crippen molar-refractivity contribution in [2.24, 2.45) is 10.9 Å². The number of nitrogens with one attached hydrogen (secondary N) is 3. The van der Waals surface area contributed by atoms with Crippen LogP contribution in [-0.4, -0.2) is 43.3 Å². The number of carbonyl (C=O) groups excluding carboxylic acids is 1. The van der Waals surface area contributed by atoms with Gasteiger partial charge in [-0.1, -0.05) is 20.8 Å². The summed E-state index contributed by atoms with van der Waals surface area (Å²) in [5.74, 6) is 1.02. The maximum absolute atomic E-state index is 11.9. The summed E-state index contributed by atoms with van der Waals surface area (Å²) in [5, 5.41) is 9.46. The number of ether oxygens (including phenoxy) is 1. The standard InChI is InChI=1S/C16H34N4O2.HI/c1-9-12(4)19-14(17-8)18-10-13(11(2)3)20-15(21)22-16(5,6)7;/h11-13H,9-10H2,1-8H3,(H,20,21)(H2,17,18,19);1H. The molecule has 0 saturated carbocycles. The lowest BCUT2D eigenvalue weighted by Crippen LogP contribution is -2.51. The Kier molecular flexibility index (Phi) is 12.5. The van der Waals surface area contributed by atoms with Crippen LogP contribution < -0.4 is 16.0 Å². The third-order valence-corrected chi connectivity index (χ3v) is 3.22. The highest BCUT2D eigenvalue weighted by molar-refractivity contribution is 14.0. The first-order valence-electron chi connectivity index (χ1n) is 8.05. The van der Waals surface area contributed by atoms with E-state index in [9.17, 15) is 4.79 Å². The Morgan fingerprint density at radius 1 is 1.17 bits per heavy atom. The maximum atomic E-state index is 11.9. The lowest BCUT2D eigenvalue weighted by atomic mass is 10.0. The van der Waals surface area contributed by atoms with Gasteiger partial charge in [0, 0.05) is 19.6 Å². The second-order valence-electron chi connectivity index (χ2n) is 6.90. The Balaban J connectivity index is 0. The summed E-state index contributed by atoms with van der Waals surface area (Å²) in [6, 6.07) is 0.313. The van der Waals surface area contributed by atoms with E-state index in [0.717, 1.165) is 12.4 Å². The first kappa shape index (κ1) is 24.5. The van der Waals surface area contributed by atoms with Crippen molar-refractivity contribution in [2.45, 2.75) is 72.6 Å². The molecule has 0 spiro atoms. The second-order valence-corrected chi connectivity index (χ2v) is 6.90. The number of guanidine groups is 1. The summed E-state index contributed by atoms with van der Waals surface area (Å²) >= 11 is 0. The van der Waals surface area contributed by atoms with E-state index in [4.69, 9.17) is 4.74 Å². The zero-order valence-electron chi connectivity index (χ0n) is 15.8. The Morgan fingerprint density at radius 3 is 2.13 bits per heavy atom. The normalized spacial score (nSPS) is 14.6. The van der Waals surface area contributed by atoms with Crippen LogP contribution in [0.15, 0.2) is 4.99 Å². The summed E-state index contributed by atoms with van der Waals surface area (Å²) < 4.78 is 5.31. The summed E-state index contributed by atoms with van der Waals surface area (Å²) in [5.41, 5.74) is -0.493. The van der Waals surface area contributed by atoms with Gasteiger partial charge in [0.15, 0.2) is 5.96 Å². The first-order chi connectivity index (χ1) is 10.1. The van der Waals surface area contributed by atoms with E-state index < -0.39 is 11.7 Å². The molecule has 0 aromatic rings. The van der Waals surface area contributed by atoms with Crippen molar-refractivity contribution in [3.8, 4) is 0 Å². The molecule has 3 N–H and O–H groups in total. The summed E-state index contributed by atoms with van der Waals surface area (Å²) in [6.07, 6.45) is 0.627. The van der Waals surface area contributed by atoms with Gasteiger partial charge in [-0.15, -0.1) is 24.0 Å². The molecule has 0 aliphatic carbocycles. The molecule has 0 aromatic heterocycles. The van der Waals surface area contributed by atoms with Crippen molar-refractivity contribution < 1.29 is 9.53 Å². The van der Waals surface area contributed by atoms with Crippen LogP contribution >= 0.6 is 24.0 Å². The van der Waals surface area contributed by atoms with Gasteiger partial charge < -0.3 is 20.7 Å². The van der Waals surface area contributed by atoms with Gasteiger partial charge in [0.1, 0.15) is 5.60 Å². The van der Waals surface area contributed by atoms with Gasteiger partial charge in [-0.25, -0.2) is 4.79 Å². The smallest absolute Gasteiger partial charge is 0.407 e. The van der Waals surface area contributed by atoms with Gasteiger partial charge in [-0.3, -0.25) is 4.99 Å². The van der Waals surface area contributed by atoms with Crippen molar-refractivity contribution in [1.29, 1.82) is 0 Å². The Labute approximate surface area is 158 Å². The third kappa shape index (κ3) is 12.4. The summed E-state index contributed by atoms with van der Waals surface area (Å²) in [4.78, 5) is 16.1. The molecule has 0 bridgehead atoms. The lowest BCUT2D eigenvalue weighted by molar-refractivity contribution is 0.0491. The fourth-order valence-corrected chi connectivity index (χ4v) is 1.65. The van der Waals surface area contributed by atoms with E-state index in [-0.39, 0.29) is 35.9 Å². The van der Waals surface area contributed by atoms with Crippen LogP contribution in [0.3, 0.4) is 0 Å². The molecular formula is C16H35IN4O2. The molecule has 2 atom stereocenters. The van der Waals surface area contributed by atoms with E-state index >= 15 is 0 Å². The number of hydrogen-bond donors (Lipinski definition) is 3. The van der Waals surface area contributed by atoms with E-state index in [2.05, 4.69) is 48.6 Å². The van der Waals surface area contributed by atoms with Gasteiger partial charge in [0.25, 0.3) is 0 Å². The van der Waals surface area contributed by atoms with Crippen molar-refractivity contribution in [3.05, 3.63) is 0 Å². The van der Waals surface area contributed by atoms with E-state index in [0.29, 0.717) is 12.6 Å². The van der Waals surface area contributed by atoms with E-state index in [1.165, 1.54) is 0 Å². The molecule has 2 unspecified atom stereocenters. The molecular weight excluding hydrogens is 407 g/mol. The number of hydrogen-bond acceptors (Lipinski definition) is 3.